The van der Waals surface area contributed by atoms with Gasteiger partial charge in [-0.25, -0.2) is 16.8 Å². The Kier molecular flexibility index (Phi) is 4.51. The zero-order chi connectivity index (χ0) is 17.2. The molecule has 3 rings (SSSR count). The minimum Gasteiger partial charge on any atom is -0.316 e. The van der Waals surface area contributed by atoms with Crippen LogP contribution in [-0.2, 0) is 16.6 Å². The fourth-order valence-electron chi connectivity index (χ4n) is 2.54. The van der Waals surface area contributed by atoms with Gasteiger partial charge >= 0.3 is 0 Å². The molecular weight excluding hydrogens is 327 g/mol. The first-order chi connectivity index (χ1) is 11.5. The van der Waals surface area contributed by atoms with Crippen LogP contribution in [0.1, 0.15) is 5.56 Å². The predicted octanol–water partition coefficient (Wildman–Crippen LogP) is 3.25. The third kappa shape index (κ3) is 3.11. The molecule has 0 spiro atoms. The molecule has 24 heavy (non-hydrogen) atoms. The van der Waals surface area contributed by atoms with Gasteiger partial charge in [-0.1, -0.05) is 30.3 Å². The molecule has 6 heteroatoms. The van der Waals surface area contributed by atoms with Gasteiger partial charge in [0.1, 0.15) is 5.82 Å². The summed E-state index contributed by atoms with van der Waals surface area (Å²) in [6, 6.07) is 16.0. The highest BCUT2D eigenvalue weighted by Crippen LogP contribution is 2.27. The first kappa shape index (κ1) is 16.4. The summed E-state index contributed by atoms with van der Waals surface area (Å²) in [6.45, 7) is 0.547. The molecule has 0 aliphatic carbocycles. The Hall–Kier alpha value is -2.44. The Balaban J connectivity index is 2.17. The molecule has 1 heterocycles. The van der Waals surface area contributed by atoms with E-state index in [0.29, 0.717) is 12.2 Å². The molecule has 0 saturated heterocycles. The molecule has 1 aromatic heterocycles. The van der Waals surface area contributed by atoms with E-state index in [1.165, 1.54) is 16.1 Å². The molecule has 1 N–H and O–H groups in total. The van der Waals surface area contributed by atoms with Gasteiger partial charge in [-0.05, 0) is 48.5 Å². The highest BCUT2D eigenvalue weighted by Gasteiger charge is 2.21. The lowest BCUT2D eigenvalue weighted by Gasteiger charge is -2.10. The molecule has 3 aromatic rings. The van der Waals surface area contributed by atoms with Gasteiger partial charge in [0.25, 0.3) is 10.0 Å². The number of aromatic nitrogens is 1. The Bertz CT molecular complexity index is 933. The maximum Gasteiger partial charge on any atom is 0.268 e. The van der Waals surface area contributed by atoms with Crippen LogP contribution in [0.3, 0.4) is 0 Å². The highest BCUT2D eigenvalue weighted by molar-refractivity contribution is 7.90. The van der Waals surface area contributed by atoms with Crippen molar-refractivity contribution in [3.05, 3.63) is 78.2 Å². The van der Waals surface area contributed by atoms with Crippen molar-refractivity contribution >= 4 is 10.0 Å². The van der Waals surface area contributed by atoms with Gasteiger partial charge in [-0.15, -0.1) is 0 Å². The second-order valence-electron chi connectivity index (χ2n) is 5.38. The quantitative estimate of drug-likeness (QED) is 0.773. The van der Waals surface area contributed by atoms with E-state index in [1.54, 1.807) is 13.2 Å². The molecule has 0 unspecified atom stereocenters. The highest BCUT2D eigenvalue weighted by atomic mass is 32.2. The van der Waals surface area contributed by atoms with E-state index < -0.39 is 15.8 Å². The second kappa shape index (κ2) is 6.59. The first-order valence-electron chi connectivity index (χ1n) is 7.45. The maximum atomic E-state index is 13.1. The maximum absolute atomic E-state index is 13.1. The van der Waals surface area contributed by atoms with E-state index in [4.69, 9.17) is 0 Å². The molecule has 0 bridgehead atoms. The molecule has 124 valence electrons. The molecule has 0 amide bonds. The molecule has 0 atom stereocenters. The topological polar surface area (TPSA) is 51.1 Å². The lowest BCUT2D eigenvalue weighted by atomic mass is 10.1. The Morgan fingerprint density at radius 2 is 1.71 bits per heavy atom. The SMILES string of the molecule is CNCc1cc(-c2ccccc2)n(S(=O)(=O)c2ccc(F)cc2)c1. The zero-order valence-corrected chi connectivity index (χ0v) is 13.9. The fourth-order valence-corrected chi connectivity index (χ4v) is 3.93. The summed E-state index contributed by atoms with van der Waals surface area (Å²) in [5.41, 5.74) is 2.22. The van der Waals surface area contributed by atoms with Crippen molar-refractivity contribution in [1.82, 2.24) is 9.29 Å². The van der Waals surface area contributed by atoms with Gasteiger partial charge in [0.05, 0.1) is 10.6 Å². The van der Waals surface area contributed by atoms with Crippen molar-refractivity contribution in [3.63, 3.8) is 0 Å². The van der Waals surface area contributed by atoms with Crippen LogP contribution in [0.25, 0.3) is 11.3 Å². The van der Waals surface area contributed by atoms with E-state index in [9.17, 15) is 12.8 Å². The number of benzene rings is 2. The predicted molar refractivity (Wildman–Crippen MR) is 91.6 cm³/mol. The van der Waals surface area contributed by atoms with E-state index in [0.717, 1.165) is 23.3 Å². The summed E-state index contributed by atoms with van der Waals surface area (Å²) < 4.78 is 40.3. The van der Waals surface area contributed by atoms with Gasteiger partial charge in [-0.2, -0.15) is 0 Å². The number of halogens is 1. The lowest BCUT2D eigenvalue weighted by molar-refractivity contribution is 0.587. The zero-order valence-electron chi connectivity index (χ0n) is 13.1. The second-order valence-corrected chi connectivity index (χ2v) is 7.20. The number of nitrogens with one attached hydrogen (secondary N) is 1. The minimum absolute atomic E-state index is 0.0488. The van der Waals surface area contributed by atoms with Crippen LogP contribution < -0.4 is 5.32 Å². The van der Waals surface area contributed by atoms with Crippen LogP contribution in [-0.4, -0.2) is 19.4 Å². The van der Waals surface area contributed by atoms with Crippen LogP contribution in [0.2, 0.25) is 0 Å². The van der Waals surface area contributed by atoms with Crippen LogP contribution in [0.4, 0.5) is 4.39 Å². The van der Waals surface area contributed by atoms with Crippen LogP contribution in [0.5, 0.6) is 0 Å². The summed E-state index contributed by atoms with van der Waals surface area (Å²) in [5, 5.41) is 3.02. The largest absolute Gasteiger partial charge is 0.316 e. The average Bonchev–Trinajstić information content (AvgIpc) is 3.01. The molecule has 0 aliphatic rings. The van der Waals surface area contributed by atoms with Gasteiger partial charge in [-0.3, -0.25) is 0 Å². The van der Waals surface area contributed by atoms with E-state index >= 15 is 0 Å². The number of nitrogens with zero attached hydrogens (tertiary/aromatic N) is 1. The molecule has 0 fully saturated rings. The van der Waals surface area contributed by atoms with Gasteiger partial charge in [0.15, 0.2) is 0 Å². The smallest absolute Gasteiger partial charge is 0.268 e. The normalized spacial score (nSPS) is 11.6. The van der Waals surface area contributed by atoms with E-state index in [2.05, 4.69) is 5.32 Å². The molecule has 2 aromatic carbocycles. The standard InChI is InChI=1S/C18H17FN2O2S/c1-20-12-14-11-18(15-5-3-2-4-6-15)21(13-14)24(22,23)17-9-7-16(19)8-10-17/h2-11,13,20H,12H2,1H3. The summed E-state index contributed by atoms with van der Waals surface area (Å²) in [6.07, 6.45) is 1.59. The van der Waals surface area contributed by atoms with Crippen molar-refractivity contribution in [2.45, 2.75) is 11.4 Å². The van der Waals surface area contributed by atoms with Gasteiger partial charge < -0.3 is 5.32 Å². The Morgan fingerprint density at radius 1 is 1.04 bits per heavy atom. The van der Waals surface area contributed by atoms with Crippen LogP contribution in [0, 0.1) is 5.82 Å². The minimum atomic E-state index is -3.81. The van der Waals surface area contributed by atoms with E-state index in [1.807, 2.05) is 36.4 Å². The fraction of sp³-hybridized carbons (Fsp3) is 0.111. The third-order valence-corrected chi connectivity index (χ3v) is 5.35. The van der Waals surface area contributed by atoms with Gasteiger partial charge in [0, 0.05) is 12.7 Å². The van der Waals surface area contributed by atoms with Crippen LogP contribution in [0.15, 0.2) is 71.8 Å². The van der Waals surface area contributed by atoms with Crippen molar-refractivity contribution in [2.24, 2.45) is 0 Å². The average molecular weight is 344 g/mol. The van der Waals surface area contributed by atoms with Crippen molar-refractivity contribution in [2.75, 3.05) is 7.05 Å². The summed E-state index contributed by atoms with van der Waals surface area (Å²) >= 11 is 0. The number of hydrogen-bond donors (Lipinski definition) is 1. The lowest BCUT2D eigenvalue weighted by Crippen LogP contribution is -2.13. The number of hydrogen-bond acceptors (Lipinski definition) is 3. The number of rotatable bonds is 5. The van der Waals surface area contributed by atoms with Crippen molar-refractivity contribution < 1.29 is 12.8 Å². The monoisotopic (exact) mass is 344 g/mol. The first-order valence-corrected chi connectivity index (χ1v) is 8.89. The Morgan fingerprint density at radius 3 is 2.33 bits per heavy atom. The summed E-state index contributed by atoms with van der Waals surface area (Å²) in [4.78, 5) is 0.0488. The molecule has 0 aliphatic heterocycles. The molecular formula is C18H17FN2O2S. The van der Waals surface area contributed by atoms with Gasteiger partial charge in [0.2, 0.25) is 0 Å². The molecule has 4 nitrogen and oxygen atoms in total. The van der Waals surface area contributed by atoms with E-state index in [-0.39, 0.29) is 4.90 Å². The third-order valence-electron chi connectivity index (χ3n) is 3.66. The Labute approximate surface area is 140 Å². The van der Waals surface area contributed by atoms with Crippen molar-refractivity contribution in [1.29, 1.82) is 0 Å². The van der Waals surface area contributed by atoms with Crippen LogP contribution >= 0.6 is 0 Å². The summed E-state index contributed by atoms with van der Waals surface area (Å²) in [7, 11) is -2.01. The summed E-state index contributed by atoms with van der Waals surface area (Å²) in [5.74, 6) is -0.472. The van der Waals surface area contributed by atoms with Crippen molar-refractivity contribution in [3.8, 4) is 11.3 Å². The molecule has 0 saturated carbocycles. The molecule has 0 radical (unpaired) electrons.